The van der Waals surface area contributed by atoms with Crippen molar-refractivity contribution in [1.29, 1.82) is 5.26 Å². The third kappa shape index (κ3) is 20.2. The summed E-state index contributed by atoms with van der Waals surface area (Å²) in [5, 5.41) is 73.6. The Hall–Kier alpha value is -5.89. The Morgan fingerprint density at radius 2 is 0.727 bits per heavy atom. The van der Waals surface area contributed by atoms with Gasteiger partial charge in [-0.15, -0.1) is 0 Å². The first-order valence-corrected chi connectivity index (χ1v) is 56.9. The fourth-order valence-electron chi connectivity index (χ4n) is 39.5. The van der Waals surface area contributed by atoms with Gasteiger partial charge in [-0.3, -0.25) is 33.2 Å². The molecule has 3 saturated heterocycles. The fraction of sp³-hybridized carbons (Fsp3) is 0.853. The van der Waals surface area contributed by atoms with Crippen LogP contribution in [0.15, 0.2) is 49.4 Å². The van der Waals surface area contributed by atoms with Crippen molar-refractivity contribution < 1.29 is 39.6 Å². The molecule has 16 saturated carbocycles. The van der Waals surface area contributed by atoms with E-state index >= 15 is 0 Å². The number of rotatable bonds is 20. The van der Waals surface area contributed by atoms with Crippen molar-refractivity contribution in [3.05, 3.63) is 72.1 Å². The first-order chi connectivity index (χ1) is 66.5. The zero-order valence-electron chi connectivity index (χ0n) is 87.2. The van der Waals surface area contributed by atoms with Crippen LogP contribution in [0.3, 0.4) is 0 Å². The lowest BCUT2D eigenvalue weighted by Gasteiger charge is -2.57. The standard InChI is InChI=1S/2C30H44N4O2.C30H47N3O2.C26H42N4O2/c1-29(36)10-8-23-20(15-29)6-7-25-24(23)9-11-30(2)26(27(35)19-34-18-22(31-3)16-32-34)14-21(28(25)30)17-33-12-4-5-13-33;1-29(36)10-7-23-20(16-29)5-6-25-24(23)8-11-30(2)26(27(35)19-34-14-9-22(17-31)32-34)15-21(28(25)30)18-33-12-3-4-13-33;1-20-16-31-33(17-20)19-27(34)26-14-22(18-32-12-4-5-13-32)28-25-7-6-21-15-29(2,35)10-8-23(21)24(25)9-11-30(26,28)3;1-25(32)9-7-19-17(14-25)5-6-21-20(19)8-10-26(2)22(13-18(24(21)26)15-29(3)4)23(31)16-30-27-11-12-28-30/h16,18,20-21,23-26,28,36H,4-15,17,19H2,1-2H3;9,14,20-21,23-26,28,36H,3-8,10-13,15-16,18-19H2,1-2H3;16-17,21-26,28,35H,4-15,18-19H2,1-3H3;11-12,17-22,24,32H,5-10,13-16H2,1-4H3/t2*20-,21+,23+,24-,25-,26-,28+,29-,30-;21-,22+,23+,24-,25-,26-,28+,29-,30-;17-,18+,19+,20-,21-,22-,24+,25-,26-/m1111/s1. The quantitative estimate of drug-likeness (QED) is 0.0599. The Bertz CT molecular complexity index is 4850. The number of aliphatic hydroxyl groups is 4. The van der Waals surface area contributed by atoms with E-state index in [1.54, 1.807) is 51.2 Å². The summed E-state index contributed by atoms with van der Waals surface area (Å²) in [7, 11) is 4.36. The highest BCUT2D eigenvalue weighted by Crippen LogP contribution is 2.72. The van der Waals surface area contributed by atoms with Crippen LogP contribution < -0.4 is 0 Å². The van der Waals surface area contributed by atoms with Crippen LogP contribution in [0.25, 0.3) is 4.85 Å². The number of aryl methyl sites for hydroxylation is 1. The second-order valence-electron chi connectivity index (χ2n) is 53.7. The zero-order valence-corrected chi connectivity index (χ0v) is 87.2. The molecule has 4 aromatic rings. The second kappa shape index (κ2) is 40.1. The van der Waals surface area contributed by atoms with E-state index in [9.17, 15) is 39.6 Å². The van der Waals surface area contributed by atoms with Crippen LogP contribution in [0.4, 0.5) is 5.69 Å². The molecular formula is C116H177N15O8. The van der Waals surface area contributed by atoms with Gasteiger partial charge in [0.15, 0.2) is 28.8 Å². The molecule has 4 N–H and O–H groups in total. The molecule has 4 aromatic heterocycles. The van der Waals surface area contributed by atoms with Crippen LogP contribution in [0.1, 0.15) is 311 Å². The molecule has 23 nitrogen and oxygen atoms in total. The van der Waals surface area contributed by atoms with Crippen molar-refractivity contribution in [2.24, 2.45) is 187 Å². The summed E-state index contributed by atoms with van der Waals surface area (Å²) in [6.07, 6.45) is 56.9. The number of nitriles is 1. The fourth-order valence-corrected chi connectivity index (χ4v) is 39.5. The maximum atomic E-state index is 13.8. The molecule has 23 rings (SSSR count). The topological polar surface area (TPSA) is 274 Å². The van der Waals surface area contributed by atoms with Crippen LogP contribution in [0, 0.1) is 212 Å². The lowest BCUT2D eigenvalue weighted by Crippen LogP contribution is -2.52. The number of ketones is 4. The predicted octanol–water partition coefficient (Wildman–Crippen LogP) is 18.8. The molecule has 764 valence electrons. The number of fused-ring (bicyclic) bond motifs is 20. The van der Waals surface area contributed by atoms with Crippen LogP contribution in [0.5, 0.6) is 0 Å². The summed E-state index contributed by atoms with van der Waals surface area (Å²) in [6, 6.07) is 3.79. The molecule has 0 spiro atoms. The summed E-state index contributed by atoms with van der Waals surface area (Å²) in [6.45, 7) is 40.7. The van der Waals surface area contributed by atoms with Crippen molar-refractivity contribution in [2.75, 3.05) is 79.5 Å². The van der Waals surface area contributed by atoms with Gasteiger partial charge < -0.3 is 40.0 Å². The number of carbonyl (C=O) groups excluding carboxylic acids is 4. The first kappa shape index (κ1) is 100. The number of Topliss-reactive ketones (excluding diaryl/α,β-unsaturated/α-hetero) is 4. The van der Waals surface area contributed by atoms with Crippen LogP contribution >= 0.6 is 0 Å². The number of hydrogen-bond donors (Lipinski definition) is 4. The van der Waals surface area contributed by atoms with Gasteiger partial charge >= 0.3 is 0 Å². The molecule has 0 amide bonds. The highest BCUT2D eigenvalue weighted by Gasteiger charge is 2.68. The van der Waals surface area contributed by atoms with E-state index in [0.717, 1.165) is 180 Å². The summed E-state index contributed by atoms with van der Waals surface area (Å²) in [5.74, 6) is 18.9. The minimum Gasteiger partial charge on any atom is -0.390 e. The smallest absolute Gasteiger partial charge is 0.224 e. The lowest BCUT2D eigenvalue weighted by molar-refractivity contribution is -0.134. The minimum atomic E-state index is -0.474. The van der Waals surface area contributed by atoms with E-state index < -0.39 is 22.4 Å². The van der Waals surface area contributed by atoms with Gasteiger partial charge in [0, 0.05) is 68.4 Å². The molecule has 19 fully saturated rings. The maximum Gasteiger partial charge on any atom is 0.224 e. The average molecular weight is 1910 g/mol. The van der Waals surface area contributed by atoms with E-state index in [1.807, 2.05) is 37.8 Å². The maximum absolute atomic E-state index is 13.8. The third-order valence-electron chi connectivity index (χ3n) is 44.7. The molecule has 16 aliphatic carbocycles. The molecule has 19 aliphatic rings. The summed E-state index contributed by atoms with van der Waals surface area (Å²) in [5.41, 5.74) is 0.537. The van der Waals surface area contributed by atoms with Gasteiger partial charge in [-0.25, -0.2) is 4.85 Å². The molecule has 0 bridgehead atoms. The number of hydrogen-bond acceptors (Lipinski definition) is 18. The van der Waals surface area contributed by atoms with E-state index in [0.29, 0.717) is 132 Å². The van der Waals surface area contributed by atoms with Gasteiger partial charge in [-0.1, -0.05) is 27.7 Å². The normalized spacial score (nSPS) is 45.1. The van der Waals surface area contributed by atoms with Gasteiger partial charge in [0.1, 0.15) is 12.6 Å². The Kier molecular flexibility index (Phi) is 28.9. The summed E-state index contributed by atoms with van der Waals surface area (Å²) in [4.78, 5) is 70.4. The van der Waals surface area contributed by atoms with E-state index in [-0.39, 0.29) is 45.3 Å². The van der Waals surface area contributed by atoms with Gasteiger partial charge in [0.05, 0.1) is 73.4 Å². The largest absolute Gasteiger partial charge is 0.390 e. The van der Waals surface area contributed by atoms with E-state index in [4.69, 9.17) is 11.8 Å². The molecule has 139 heavy (non-hydrogen) atoms. The van der Waals surface area contributed by atoms with Gasteiger partial charge in [-0.05, 0) is 507 Å². The average Bonchev–Trinajstić information content (AvgIpc) is 1.61. The van der Waals surface area contributed by atoms with Crippen LogP contribution in [-0.4, -0.2) is 209 Å². The summed E-state index contributed by atoms with van der Waals surface area (Å²) < 4.78 is 5.24. The summed E-state index contributed by atoms with van der Waals surface area (Å²) >= 11 is 0. The molecule has 0 unspecified atom stereocenters. The molecule has 3 aliphatic heterocycles. The minimum absolute atomic E-state index is 0.0703. The Morgan fingerprint density at radius 1 is 0.410 bits per heavy atom. The van der Waals surface area contributed by atoms with Crippen molar-refractivity contribution in [1.82, 2.24) is 63.9 Å². The molecule has 0 radical (unpaired) electrons. The Morgan fingerprint density at radius 3 is 1.04 bits per heavy atom. The number of nitrogens with zero attached hydrogens (tertiary/aromatic N) is 15. The van der Waals surface area contributed by atoms with Crippen molar-refractivity contribution >= 4 is 28.8 Å². The third-order valence-corrected chi connectivity index (χ3v) is 44.7. The van der Waals surface area contributed by atoms with E-state index in [2.05, 4.69) is 112 Å². The first-order valence-electron chi connectivity index (χ1n) is 56.9. The number of aromatic nitrogens is 9. The van der Waals surface area contributed by atoms with Crippen LogP contribution in [-0.2, 0) is 45.4 Å². The van der Waals surface area contributed by atoms with Gasteiger partial charge in [0.2, 0.25) is 5.69 Å². The molecule has 0 aromatic carbocycles. The number of likely N-dealkylation sites (tertiary alicyclic amines) is 3. The molecular weight excluding hydrogens is 1730 g/mol. The molecule has 7 heterocycles. The van der Waals surface area contributed by atoms with Crippen LogP contribution in [0.2, 0.25) is 0 Å². The number of carbonyl (C=O) groups is 4. The Labute approximate surface area is 832 Å². The highest BCUT2D eigenvalue weighted by molar-refractivity contribution is 5.84. The SMILES string of the molecule is CN(C)C[C@@H]1C[C@H](C(=O)Cn2nccn2)[C@@]2(C)CC[C@H]3[C@@H](CC[C@@H]4C[C@](C)(O)CC[C@@H]43)[C@H]12.C[C@@]1(O)CC[C@H]2[C@H](CC[C@@H]3[C@@H]2CC[C@@]2(C)[C@H]3[C@H](CN3CCCC3)C[C@@H]2C(=O)Cn2ccc(C#N)n2)C1.Cc1cnn(CC(=O)[C@H]2C[C@@H](CN3CCCC3)[C@H]3[C@@H]4CC[C@@H]5C[C@](C)(O)CC[C@@H]5[C@H]4CC[C@@]32C)c1.[C-]#[N+]c1cnn(CC(=O)[C@H]2C[C@@H](CN3CCCC3)[C@H]3[C@@H]4CC[C@@H]5C[C@](C)(O)CC[C@@H]5[C@H]4CC[C@@]32C)c1. The monoisotopic (exact) mass is 1910 g/mol. The van der Waals surface area contributed by atoms with Gasteiger partial charge in [-0.2, -0.15) is 35.6 Å². The Balaban J connectivity index is 0.000000114. The van der Waals surface area contributed by atoms with E-state index in [1.165, 1.54) is 206 Å². The van der Waals surface area contributed by atoms with Crippen molar-refractivity contribution in [3.8, 4) is 6.07 Å². The molecule has 36 atom stereocenters. The molecule has 23 heteroatoms. The van der Waals surface area contributed by atoms with Crippen molar-refractivity contribution in [3.63, 3.8) is 0 Å². The zero-order chi connectivity index (χ0) is 97.2. The lowest BCUT2D eigenvalue weighted by atomic mass is 9.48. The van der Waals surface area contributed by atoms with Gasteiger partial charge in [0.25, 0.3) is 0 Å². The van der Waals surface area contributed by atoms with Crippen molar-refractivity contribution in [2.45, 2.75) is 355 Å². The second-order valence-corrected chi connectivity index (χ2v) is 53.7. The highest BCUT2D eigenvalue weighted by atomic mass is 16.3. The predicted molar refractivity (Wildman–Crippen MR) is 538 cm³/mol.